The quantitative estimate of drug-likeness (QED) is 0.838. The maximum atomic E-state index is 9.82. The Morgan fingerprint density at radius 1 is 1.22 bits per heavy atom. The van der Waals surface area contributed by atoms with Crippen molar-refractivity contribution < 1.29 is 5.11 Å². The van der Waals surface area contributed by atoms with E-state index in [4.69, 9.17) is 0 Å². The molecule has 1 aliphatic rings. The van der Waals surface area contributed by atoms with Crippen molar-refractivity contribution >= 4 is 0 Å². The van der Waals surface area contributed by atoms with Crippen molar-refractivity contribution in [2.45, 2.75) is 51.2 Å². The molecular weight excluding hydrogens is 222 g/mol. The average Bonchev–Trinajstić information content (AvgIpc) is 2.81. The number of rotatable bonds is 5. The van der Waals surface area contributed by atoms with Crippen molar-refractivity contribution in [2.75, 3.05) is 6.54 Å². The number of hydrogen-bond donors (Lipinski definition) is 2. The minimum Gasteiger partial charge on any atom is -0.393 e. The van der Waals surface area contributed by atoms with Crippen LogP contribution < -0.4 is 5.32 Å². The molecule has 2 heteroatoms. The lowest BCUT2D eigenvalue weighted by atomic mass is 9.94. The SMILES string of the molecule is CC(NCC1CCCC1O)C(C)c1ccccc1. The number of hydrogen-bond acceptors (Lipinski definition) is 2. The van der Waals surface area contributed by atoms with Gasteiger partial charge in [0.05, 0.1) is 6.10 Å². The molecule has 100 valence electrons. The molecule has 18 heavy (non-hydrogen) atoms. The molecule has 2 rings (SSSR count). The highest BCUT2D eigenvalue weighted by Gasteiger charge is 2.25. The molecule has 0 amide bonds. The molecule has 0 radical (unpaired) electrons. The van der Waals surface area contributed by atoms with E-state index in [-0.39, 0.29) is 6.10 Å². The van der Waals surface area contributed by atoms with E-state index in [2.05, 4.69) is 49.5 Å². The lowest BCUT2D eigenvalue weighted by Crippen LogP contribution is -2.36. The summed E-state index contributed by atoms with van der Waals surface area (Å²) in [6, 6.07) is 11.1. The van der Waals surface area contributed by atoms with Crippen LogP contribution in [0, 0.1) is 5.92 Å². The molecule has 1 fully saturated rings. The minimum atomic E-state index is -0.0864. The van der Waals surface area contributed by atoms with Crippen molar-refractivity contribution in [3.8, 4) is 0 Å². The second-order valence-electron chi connectivity index (χ2n) is 5.65. The van der Waals surface area contributed by atoms with Crippen LogP contribution >= 0.6 is 0 Å². The van der Waals surface area contributed by atoms with Crippen LogP contribution in [0.2, 0.25) is 0 Å². The summed E-state index contributed by atoms with van der Waals surface area (Å²) in [5, 5.41) is 13.4. The normalized spacial score (nSPS) is 27.1. The monoisotopic (exact) mass is 247 g/mol. The summed E-state index contributed by atoms with van der Waals surface area (Å²) in [6.45, 7) is 5.44. The zero-order valence-corrected chi connectivity index (χ0v) is 11.5. The first-order valence-corrected chi connectivity index (χ1v) is 7.15. The van der Waals surface area contributed by atoms with Crippen LogP contribution in [0.5, 0.6) is 0 Å². The van der Waals surface area contributed by atoms with E-state index in [1.54, 1.807) is 0 Å². The summed E-state index contributed by atoms with van der Waals surface area (Å²) in [4.78, 5) is 0. The fraction of sp³-hybridized carbons (Fsp3) is 0.625. The third-order valence-corrected chi connectivity index (χ3v) is 4.40. The molecule has 0 aliphatic heterocycles. The molecule has 0 spiro atoms. The van der Waals surface area contributed by atoms with E-state index < -0.39 is 0 Å². The van der Waals surface area contributed by atoms with Crippen LogP contribution in [0.1, 0.15) is 44.6 Å². The van der Waals surface area contributed by atoms with Gasteiger partial charge in [0.2, 0.25) is 0 Å². The number of benzene rings is 1. The lowest BCUT2D eigenvalue weighted by Gasteiger charge is -2.24. The molecule has 0 bridgehead atoms. The van der Waals surface area contributed by atoms with Gasteiger partial charge in [-0.15, -0.1) is 0 Å². The van der Waals surface area contributed by atoms with Crippen LogP contribution in [0.25, 0.3) is 0 Å². The first-order chi connectivity index (χ1) is 8.68. The predicted octanol–water partition coefficient (Wildman–Crippen LogP) is 2.93. The van der Waals surface area contributed by atoms with E-state index in [9.17, 15) is 5.11 Å². The molecule has 1 saturated carbocycles. The second kappa shape index (κ2) is 6.35. The third-order valence-electron chi connectivity index (χ3n) is 4.40. The largest absolute Gasteiger partial charge is 0.393 e. The Morgan fingerprint density at radius 3 is 2.56 bits per heavy atom. The van der Waals surface area contributed by atoms with Crippen molar-refractivity contribution in [3.63, 3.8) is 0 Å². The van der Waals surface area contributed by atoms with Crippen molar-refractivity contribution in [1.29, 1.82) is 0 Å². The highest BCUT2D eigenvalue weighted by Crippen LogP contribution is 2.25. The molecule has 0 heterocycles. The lowest BCUT2D eigenvalue weighted by molar-refractivity contribution is 0.129. The van der Waals surface area contributed by atoms with E-state index in [0.717, 1.165) is 13.0 Å². The van der Waals surface area contributed by atoms with Crippen molar-refractivity contribution in [3.05, 3.63) is 35.9 Å². The Hall–Kier alpha value is -0.860. The summed E-state index contributed by atoms with van der Waals surface area (Å²) in [6.07, 6.45) is 3.24. The molecule has 4 atom stereocenters. The van der Waals surface area contributed by atoms with Crippen LogP contribution in [-0.4, -0.2) is 23.8 Å². The van der Waals surface area contributed by atoms with Gasteiger partial charge < -0.3 is 10.4 Å². The summed E-state index contributed by atoms with van der Waals surface area (Å²) in [7, 11) is 0. The summed E-state index contributed by atoms with van der Waals surface area (Å²) in [5.74, 6) is 0.958. The van der Waals surface area contributed by atoms with E-state index in [0.29, 0.717) is 17.9 Å². The van der Waals surface area contributed by atoms with Gasteiger partial charge in [0.15, 0.2) is 0 Å². The molecular formula is C16H25NO. The van der Waals surface area contributed by atoms with Gasteiger partial charge in [-0.3, -0.25) is 0 Å². The third kappa shape index (κ3) is 3.33. The molecule has 1 aromatic carbocycles. The zero-order valence-electron chi connectivity index (χ0n) is 11.5. The Morgan fingerprint density at radius 2 is 1.94 bits per heavy atom. The number of aliphatic hydroxyl groups excluding tert-OH is 1. The number of nitrogens with one attached hydrogen (secondary N) is 1. The molecule has 2 N–H and O–H groups in total. The van der Waals surface area contributed by atoms with Crippen LogP contribution in [0.3, 0.4) is 0 Å². The highest BCUT2D eigenvalue weighted by molar-refractivity contribution is 5.20. The maximum absolute atomic E-state index is 9.82. The molecule has 1 aliphatic carbocycles. The Labute approximate surface area is 110 Å². The summed E-state index contributed by atoms with van der Waals surface area (Å²) >= 11 is 0. The topological polar surface area (TPSA) is 32.3 Å². The van der Waals surface area contributed by atoms with Gasteiger partial charge in [0.1, 0.15) is 0 Å². The molecule has 4 unspecified atom stereocenters. The Balaban J connectivity index is 1.82. The fourth-order valence-corrected chi connectivity index (χ4v) is 2.81. The average molecular weight is 247 g/mol. The Kier molecular flexibility index (Phi) is 4.79. The van der Waals surface area contributed by atoms with Gasteiger partial charge in [-0.1, -0.05) is 43.7 Å². The Bertz CT molecular complexity index is 351. The van der Waals surface area contributed by atoms with Gasteiger partial charge >= 0.3 is 0 Å². The second-order valence-corrected chi connectivity index (χ2v) is 5.65. The molecule has 1 aromatic rings. The summed E-state index contributed by atoms with van der Waals surface area (Å²) < 4.78 is 0. The molecule has 2 nitrogen and oxygen atoms in total. The highest BCUT2D eigenvalue weighted by atomic mass is 16.3. The van der Waals surface area contributed by atoms with E-state index >= 15 is 0 Å². The van der Waals surface area contributed by atoms with E-state index in [1.807, 2.05) is 0 Å². The van der Waals surface area contributed by atoms with Crippen molar-refractivity contribution in [1.82, 2.24) is 5.32 Å². The van der Waals surface area contributed by atoms with E-state index in [1.165, 1.54) is 18.4 Å². The summed E-state index contributed by atoms with van der Waals surface area (Å²) in [5.41, 5.74) is 1.38. The van der Waals surface area contributed by atoms with Gasteiger partial charge in [-0.2, -0.15) is 0 Å². The molecule has 0 aromatic heterocycles. The predicted molar refractivity (Wildman–Crippen MR) is 75.7 cm³/mol. The van der Waals surface area contributed by atoms with Crippen LogP contribution in [0.15, 0.2) is 30.3 Å². The van der Waals surface area contributed by atoms with Gasteiger partial charge in [-0.05, 0) is 37.2 Å². The minimum absolute atomic E-state index is 0.0864. The van der Waals surface area contributed by atoms with Gasteiger partial charge in [-0.25, -0.2) is 0 Å². The van der Waals surface area contributed by atoms with Gasteiger partial charge in [0, 0.05) is 12.6 Å². The zero-order chi connectivity index (χ0) is 13.0. The van der Waals surface area contributed by atoms with Crippen molar-refractivity contribution in [2.24, 2.45) is 5.92 Å². The first kappa shape index (κ1) is 13.6. The maximum Gasteiger partial charge on any atom is 0.0580 e. The smallest absolute Gasteiger partial charge is 0.0580 e. The molecule has 0 saturated heterocycles. The standard InChI is InChI=1S/C16H25NO/c1-12(14-7-4-3-5-8-14)13(2)17-11-15-9-6-10-16(15)18/h3-5,7-8,12-13,15-18H,6,9-11H2,1-2H3. The van der Waals surface area contributed by atoms with Crippen LogP contribution in [0.4, 0.5) is 0 Å². The van der Waals surface area contributed by atoms with Gasteiger partial charge in [0.25, 0.3) is 0 Å². The number of aliphatic hydroxyl groups is 1. The van der Waals surface area contributed by atoms with Crippen LogP contribution in [-0.2, 0) is 0 Å². The fourth-order valence-electron chi connectivity index (χ4n) is 2.81. The first-order valence-electron chi connectivity index (χ1n) is 7.15.